The van der Waals surface area contributed by atoms with E-state index in [0.717, 1.165) is 11.2 Å². The van der Waals surface area contributed by atoms with Crippen molar-refractivity contribution >= 4 is 18.4 Å². The Balaban J connectivity index is 2.25. The van der Waals surface area contributed by atoms with Gasteiger partial charge in [-0.05, 0) is 33.8 Å². The number of hydrogen-bond acceptors (Lipinski definition) is 5. The van der Waals surface area contributed by atoms with Gasteiger partial charge in [0.1, 0.15) is 5.82 Å². The molecule has 0 amide bonds. The van der Waals surface area contributed by atoms with Crippen LogP contribution in [0.2, 0.25) is 0 Å². The van der Waals surface area contributed by atoms with Gasteiger partial charge in [0.2, 0.25) is 0 Å². The molecule has 6 heteroatoms. The van der Waals surface area contributed by atoms with Gasteiger partial charge in [0.15, 0.2) is 0 Å². The molecular formula is C13H21BN2O3. The van der Waals surface area contributed by atoms with E-state index in [9.17, 15) is 0 Å². The summed E-state index contributed by atoms with van der Waals surface area (Å²) in [6.45, 7) is 8.48. The van der Waals surface area contributed by atoms with Crippen molar-refractivity contribution in [2.45, 2.75) is 45.5 Å². The first kappa shape index (κ1) is 14.3. The fourth-order valence-electron chi connectivity index (χ4n) is 1.93. The molecule has 104 valence electrons. The summed E-state index contributed by atoms with van der Waals surface area (Å²) in [5, 5.41) is 0. The van der Waals surface area contributed by atoms with Gasteiger partial charge in [-0.1, -0.05) is 6.07 Å². The fourth-order valence-corrected chi connectivity index (χ4v) is 1.93. The Kier molecular flexibility index (Phi) is 3.60. The molecule has 2 heterocycles. The zero-order valence-corrected chi connectivity index (χ0v) is 12.2. The molecule has 5 nitrogen and oxygen atoms in total. The Morgan fingerprint density at radius 3 is 2.26 bits per heavy atom. The third kappa shape index (κ3) is 2.61. The topological polar surface area (TPSA) is 66.6 Å². The maximum absolute atomic E-state index is 5.98. The first-order valence-corrected chi connectivity index (χ1v) is 6.37. The number of hydrogen-bond donors (Lipinski definition) is 1. The Labute approximate surface area is 114 Å². The van der Waals surface area contributed by atoms with Crippen molar-refractivity contribution in [3.63, 3.8) is 0 Å². The monoisotopic (exact) mass is 264 g/mol. The molecular weight excluding hydrogens is 243 g/mol. The second kappa shape index (κ2) is 4.78. The van der Waals surface area contributed by atoms with Gasteiger partial charge in [-0.2, -0.15) is 0 Å². The predicted octanol–water partition coefficient (Wildman–Crippen LogP) is 1.11. The summed E-state index contributed by atoms with van der Waals surface area (Å²) in [5.74, 6) is 0.424. The average Bonchev–Trinajstić information content (AvgIpc) is 2.48. The van der Waals surface area contributed by atoms with E-state index in [-0.39, 0.29) is 11.2 Å². The summed E-state index contributed by atoms with van der Waals surface area (Å²) in [7, 11) is 1.15. The van der Waals surface area contributed by atoms with Crippen LogP contribution in [0.15, 0.2) is 12.1 Å². The summed E-state index contributed by atoms with van der Waals surface area (Å²) in [5.41, 5.74) is 6.78. The van der Waals surface area contributed by atoms with Crippen LogP contribution in [0.1, 0.15) is 33.4 Å². The molecule has 1 aliphatic heterocycles. The Morgan fingerprint density at radius 2 is 1.79 bits per heavy atom. The minimum atomic E-state index is -0.478. The van der Waals surface area contributed by atoms with Crippen molar-refractivity contribution in [1.29, 1.82) is 0 Å². The SMILES string of the molecule is COCc1ccc(B2OC(C)(C)C(C)(C)O2)c(N)n1. The molecule has 1 saturated heterocycles. The molecule has 0 saturated carbocycles. The average molecular weight is 264 g/mol. The molecule has 1 aliphatic rings. The summed E-state index contributed by atoms with van der Waals surface area (Å²) < 4.78 is 16.9. The molecule has 0 spiro atoms. The van der Waals surface area contributed by atoms with E-state index in [1.54, 1.807) is 7.11 Å². The number of anilines is 1. The maximum atomic E-state index is 5.98. The van der Waals surface area contributed by atoms with Crippen LogP contribution in [0.4, 0.5) is 5.82 Å². The van der Waals surface area contributed by atoms with Crippen LogP contribution in [0, 0.1) is 0 Å². The third-order valence-corrected chi connectivity index (χ3v) is 3.81. The van der Waals surface area contributed by atoms with Crippen LogP contribution in [0.3, 0.4) is 0 Å². The number of aromatic nitrogens is 1. The molecule has 1 fully saturated rings. The summed E-state index contributed by atoms with van der Waals surface area (Å²) in [6, 6.07) is 3.76. The van der Waals surface area contributed by atoms with E-state index < -0.39 is 7.12 Å². The molecule has 0 aliphatic carbocycles. The van der Waals surface area contributed by atoms with Gasteiger partial charge in [-0.25, -0.2) is 4.98 Å². The van der Waals surface area contributed by atoms with Crippen LogP contribution in [-0.2, 0) is 20.7 Å². The Morgan fingerprint density at radius 1 is 1.21 bits per heavy atom. The van der Waals surface area contributed by atoms with E-state index in [2.05, 4.69) is 4.98 Å². The van der Waals surface area contributed by atoms with Crippen molar-refractivity contribution < 1.29 is 14.0 Å². The molecule has 2 rings (SSSR count). The first-order chi connectivity index (χ1) is 8.77. The van der Waals surface area contributed by atoms with E-state index in [1.165, 1.54) is 0 Å². The Bertz CT molecular complexity index is 461. The van der Waals surface area contributed by atoms with E-state index >= 15 is 0 Å². The van der Waals surface area contributed by atoms with E-state index in [0.29, 0.717) is 12.4 Å². The predicted molar refractivity (Wildman–Crippen MR) is 75.1 cm³/mol. The third-order valence-electron chi connectivity index (χ3n) is 3.81. The molecule has 0 atom stereocenters. The number of nitrogens with zero attached hydrogens (tertiary/aromatic N) is 1. The van der Waals surface area contributed by atoms with Crippen LogP contribution in [0.5, 0.6) is 0 Å². The minimum absolute atomic E-state index is 0.380. The normalized spacial score (nSPS) is 20.8. The second-order valence-corrected chi connectivity index (χ2v) is 5.80. The van der Waals surface area contributed by atoms with Gasteiger partial charge in [-0.3, -0.25) is 0 Å². The lowest BCUT2D eigenvalue weighted by molar-refractivity contribution is 0.00578. The highest BCUT2D eigenvalue weighted by molar-refractivity contribution is 6.63. The van der Waals surface area contributed by atoms with Gasteiger partial charge in [0.25, 0.3) is 0 Å². The van der Waals surface area contributed by atoms with Crippen LogP contribution < -0.4 is 11.2 Å². The van der Waals surface area contributed by atoms with Crippen molar-refractivity contribution in [3.8, 4) is 0 Å². The molecule has 0 bridgehead atoms. The standard InChI is InChI=1S/C13H21BN2O3/c1-12(2)13(3,4)19-14(18-12)10-7-6-9(8-17-5)16-11(10)15/h6-7H,8H2,1-5H3,(H2,15,16). The quantitative estimate of drug-likeness (QED) is 0.828. The minimum Gasteiger partial charge on any atom is -0.399 e. The number of pyridine rings is 1. The van der Waals surface area contributed by atoms with Crippen molar-refractivity contribution in [2.24, 2.45) is 0 Å². The van der Waals surface area contributed by atoms with Gasteiger partial charge in [-0.15, -0.1) is 0 Å². The van der Waals surface area contributed by atoms with E-state index in [1.807, 2.05) is 39.8 Å². The number of rotatable bonds is 3. The van der Waals surface area contributed by atoms with Crippen molar-refractivity contribution in [1.82, 2.24) is 4.98 Å². The summed E-state index contributed by atoms with van der Waals surface area (Å²) in [4.78, 5) is 4.30. The molecule has 19 heavy (non-hydrogen) atoms. The highest BCUT2D eigenvalue weighted by Crippen LogP contribution is 2.36. The highest BCUT2D eigenvalue weighted by atomic mass is 16.7. The molecule has 2 N–H and O–H groups in total. The zero-order valence-electron chi connectivity index (χ0n) is 12.2. The van der Waals surface area contributed by atoms with Crippen molar-refractivity contribution in [3.05, 3.63) is 17.8 Å². The van der Waals surface area contributed by atoms with Crippen LogP contribution in [-0.4, -0.2) is 30.4 Å². The van der Waals surface area contributed by atoms with Gasteiger partial charge in [0, 0.05) is 12.6 Å². The highest BCUT2D eigenvalue weighted by Gasteiger charge is 2.52. The summed E-state index contributed by atoms with van der Waals surface area (Å²) >= 11 is 0. The Hall–Kier alpha value is -1.11. The number of methoxy groups -OCH3 is 1. The number of nitrogens with two attached hydrogens (primary N) is 1. The second-order valence-electron chi connectivity index (χ2n) is 5.80. The summed E-state index contributed by atoms with van der Waals surface area (Å²) in [6.07, 6.45) is 0. The number of ether oxygens (including phenoxy) is 1. The van der Waals surface area contributed by atoms with Gasteiger partial charge >= 0.3 is 7.12 Å². The van der Waals surface area contributed by atoms with Gasteiger partial charge in [0.05, 0.1) is 23.5 Å². The van der Waals surface area contributed by atoms with E-state index in [4.69, 9.17) is 19.8 Å². The molecule has 1 aromatic rings. The maximum Gasteiger partial charge on any atom is 0.498 e. The van der Waals surface area contributed by atoms with Crippen molar-refractivity contribution in [2.75, 3.05) is 12.8 Å². The van der Waals surface area contributed by atoms with Gasteiger partial charge < -0.3 is 19.8 Å². The van der Waals surface area contributed by atoms with Crippen LogP contribution in [0.25, 0.3) is 0 Å². The zero-order chi connectivity index (χ0) is 14.3. The fraction of sp³-hybridized carbons (Fsp3) is 0.615. The molecule has 0 unspecified atom stereocenters. The first-order valence-electron chi connectivity index (χ1n) is 6.37. The lowest BCUT2D eigenvalue weighted by Crippen LogP contribution is -2.41. The lowest BCUT2D eigenvalue weighted by Gasteiger charge is -2.32. The molecule has 0 radical (unpaired) electrons. The largest absolute Gasteiger partial charge is 0.498 e. The number of nitrogen functional groups attached to an aromatic ring is 1. The smallest absolute Gasteiger partial charge is 0.399 e. The molecule has 0 aromatic carbocycles. The lowest BCUT2D eigenvalue weighted by atomic mass is 9.79. The van der Waals surface area contributed by atoms with Crippen LogP contribution >= 0.6 is 0 Å². The molecule has 1 aromatic heterocycles.